The molecule has 0 aromatic rings. The van der Waals surface area contributed by atoms with Crippen LogP contribution >= 0.6 is 0 Å². The molecule has 0 saturated heterocycles. The molecule has 5 nitrogen and oxygen atoms in total. The lowest BCUT2D eigenvalue weighted by atomic mass is 9.97. The van der Waals surface area contributed by atoms with Crippen molar-refractivity contribution in [3.63, 3.8) is 0 Å². The summed E-state index contributed by atoms with van der Waals surface area (Å²) in [5, 5.41) is 12.0. The zero-order chi connectivity index (χ0) is 16.6. The second kappa shape index (κ2) is 9.64. The standard InChI is InChI=1S/C16H32N2O3/c1-11(2)7-14(15(19)20)8-17-16(21)18(9-12(3)4)10-13(5)6/h11-14H,7-10H2,1-6H3,(H,17,21)(H,19,20). The third-order valence-corrected chi connectivity index (χ3v) is 3.06. The van der Waals surface area contributed by atoms with Gasteiger partial charge in [-0.25, -0.2) is 4.79 Å². The molecule has 0 aromatic heterocycles. The molecule has 21 heavy (non-hydrogen) atoms. The molecule has 0 bridgehead atoms. The smallest absolute Gasteiger partial charge is 0.317 e. The van der Waals surface area contributed by atoms with Crippen molar-refractivity contribution in [2.24, 2.45) is 23.7 Å². The Hall–Kier alpha value is -1.26. The number of carbonyl (C=O) groups excluding carboxylic acids is 1. The summed E-state index contributed by atoms with van der Waals surface area (Å²) in [5.41, 5.74) is 0. The summed E-state index contributed by atoms with van der Waals surface area (Å²) in [6.45, 7) is 13.8. The van der Waals surface area contributed by atoms with E-state index in [1.807, 2.05) is 13.8 Å². The topological polar surface area (TPSA) is 69.6 Å². The highest BCUT2D eigenvalue weighted by atomic mass is 16.4. The molecule has 124 valence electrons. The molecule has 0 heterocycles. The predicted molar refractivity (Wildman–Crippen MR) is 85.2 cm³/mol. The van der Waals surface area contributed by atoms with Crippen LogP contribution in [0.2, 0.25) is 0 Å². The Morgan fingerprint density at radius 1 is 0.952 bits per heavy atom. The third kappa shape index (κ3) is 9.32. The summed E-state index contributed by atoms with van der Waals surface area (Å²) in [4.78, 5) is 25.2. The zero-order valence-electron chi connectivity index (χ0n) is 14.3. The normalized spacial score (nSPS) is 12.8. The Bertz CT molecular complexity index is 317. The van der Waals surface area contributed by atoms with E-state index in [1.165, 1.54) is 0 Å². The van der Waals surface area contributed by atoms with Gasteiger partial charge in [-0.2, -0.15) is 0 Å². The van der Waals surface area contributed by atoms with Crippen molar-refractivity contribution < 1.29 is 14.7 Å². The second-order valence-corrected chi connectivity index (χ2v) is 7.04. The highest BCUT2D eigenvalue weighted by molar-refractivity contribution is 5.76. The first-order chi connectivity index (χ1) is 9.63. The van der Waals surface area contributed by atoms with E-state index >= 15 is 0 Å². The number of aliphatic carboxylic acids is 1. The van der Waals surface area contributed by atoms with Gasteiger partial charge in [0.1, 0.15) is 0 Å². The van der Waals surface area contributed by atoms with Crippen LogP contribution in [-0.2, 0) is 4.79 Å². The summed E-state index contributed by atoms with van der Waals surface area (Å²) in [6.07, 6.45) is 0.573. The molecule has 0 aliphatic carbocycles. The van der Waals surface area contributed by atoms with Crippen LogP contribution in [0.15, 0.2) is 0 Å². The largest absolute Gasteiger partial charge is 0.481 e. The average Bonchev–Trinajstić information content (AvgIpc) is 2.31. The third-order valence-electron chi connectivity index (χ3n) is 3.06. The maximum atomic E-state index is 12.2. The fourth-order valence-corrected chi connectivity index (χ4v) is 2.28. The number of amides is 2. The van der Waals surface area contributed by atoms with Gasteiger partial charge in [-0.3, -0.25) is 4.79 Å². The van der Waals surface area contributed by atoms with Crippen molar-refractivity contribution in [2.75, 3.05) is 19.6 Å². The minimum absolute atomic E-state index is 0.160. The number of urea groups is 1. The fourth-order valence-electron chi connectivity index (χ4n) is 2.28. The quantitative estimate of drug-likeness (QED) is 0.687. The molecule has 2 amide bonds. The van der Waals surface area contributed by atoms with Gasteiger partial charge in [-0.05, 0) is 24.2 Å². The maximum absolute atomic E-state index is 12.2. The number of carboxylic acid groups (broad SMARTS) is 1. The molecule has 0 fully saturated rings. The lowest BCUT2D eigenvalue weighted by Crippen LogP contribution is -2.45. The molecule has 0 aliphatic rings. The predicted octanol–water partition coefficient (Wildman–Crippen LogP) is 3.06. The van der Waals surface area contributed by atoms with Crippen LogP contribution in [0.4, 0.5) is 4.79 Å². The number of hydrogen-bond donors (Lipinski definition) is 2. The van der Waals surface area contributed by atoms with Gasteiger partial charge in [-0.15, -0.1) is 0 Å². The summed E-state index contributed by atoms with van der Waals surface area (Å²) in [7, 11) is 0. The molecule has 0 aliphatic heterocycles. The average molecular weight is 300 g/mol. The molecule has 0 spiro atoms. The summed E-state index contributed by atoms with van der Waals surface area (Å²) < 4.78 is 0. The van der Waals surface area contributed by atoms with Crippen LogP contribution in [0.5, 0.6) is 0 Å². The van der Waals surface area contributed by atoms with Crippen molar-refractivity contribution in [2.45, 2.75) is 48.0 Å². The summed E-state index contributed by atoms with van der Waals surface area (Å²) in [6, 6.07) is -0.160. The van der Waals surface area contributed by atoms with Crippen molar-refractivity contribution in [1.29, 1.82) is 0 Å². The lowest BCUT2D eigenvalue weighted by molar-refractivity contribution is -0.142. The second-order valence-electron chi connectivity index (χ2n) is 7.04. The molecular weight excluding hydrogens is 268 g/mol. The van der Waals surface area contributed by atoms with E-state index in [0.717, 1.165) is 0 Å². The Kier molecular flexibility index (Phi) is 9.06. The van der Waals surface area contributed by atoms with Crippen molar-refractivity contribution in [3.8, 4) is 0 Å². The van der Waals surface area contributed by atoms with Crippen LogP contribution < -0.4 is 5.32 Å². The molecule has 0 saturated carbocycles. The minimum Gasteiger partial charge on any atom is -0.481 e. The van der Waals surface area contributed by atoms with Gasteiger partial charge in [0, 0.05) is 19.6 Å². The van der Waals surface area contributed by atoms with Crippen molar-refractivity contribution in [1.82, 2.24) is 10.2 Å². The molecule has 0 aromatic carbocycles. The van der Waals surface area contributed by atoms with Crippen LogP contribution in [-0.4, -0.2) is 41.6 Å². The van der Waals surface area contributed by atoms with Crippen LogP contribution in [0, 0.1) is 23.7 Å². The van der Waals surface area contributed by atoms with E-state index < -0.39 is 11.9 Å². The highest BCUT2D eigenvalue weighted by Gasteiger charge is 2.22. The van der Waals surface area contributed by atoms with E-state index in [2.05, 4.69) is 33.0 Å². The molecule has 2 N–H and O–H groups in total. The fraction of sp³-hybridized carbons (Fsp3) is 0.875. The maximum Gasteiger partial charge on any atom is 0.317 e. The number of carbonyl (C=O) groups is 2. The Morgan fingerprint density at radius 3 is 1.76 bits per heavy atom. The molecule has 0 rings (SSSR count). The first kappa shape index (κ1) is 19.7. The van der Waals surface area contributed by atoms with Crippen LogP contribution in [0.1, 0.15) is 48.0 Å². The molecule has 5 heteroatoms. The first-order valence-corrected chi connectivity index (χ1v) is 7.89. The number of rotatable bonds is 9. The number of hydrogen-bond acceptors (Lipinski definition) is 2. The number of nitrogens with zero attached hydrogens (tertiary/aromatic N) is 1. The van der Waals surface area contributed by atoms with Gasteiger partial charge in [0.25, 0.3) is 0 Å². The Balaban J connectivity index is 4.54. The van der Waals surface area contributed by atoms with Crippen LogP contribution in [0.3, 0.4) is 0 Å². The molecule has 0 radical (unpaired) electrons. The lowest BCUT2D eigenvalue weighted by Gasteiger charge is -2.27. The molecule has 1 atom stereocenters. The number of nitrogens with one attached hydrogen (secondary N) is 1. The summed E-state index contributed by atoms with van der Waals surface area (Å²) >= 11 is 0. The van der Waals surface area contributed by atoms with Gasteiger partial charge in [-0.1, -0.05) is 41.5 Å². The summed E-state index contributed by atoms with van der Waals surface area (Å²) in [5.74, 6) is -0.288. The van der Waals surface area contributed by atoms with E-state index in [1.54, 1.807) is 4.90 Å². The zero-order valence-corrected chi connectivity index (χ0v) is 14.3. The van der Waals surface area contributed by atoms with Crippen molar-refractivity contribution in [3.05, 3.63) is 0 Å². The Morgan fingerprint density at radius 2 is 1.43 bits per heavy atom. The molecular formula is C16H32N2O3. The van der Waals surface area contributed by atoms with Gasteiger partial charge in [0.05, 0.1) is 5.92 Å². The van der Waals surface area contributed by atoms with E-state index in [0.29, 0.717) is 37.3 Å². The SMILES string of the molecule is CC(C)CC(CNC(=O)N(CC(C)C)CC(C)C)C(=O)O. The first-order valence-electron chi connectivity index (χ1n) is 7.89. The van der Waals surface area contributed by atoms with E-state index in [4.69, 9.17) is 0 Å². The monoisotopic (exact) mass is 300 g/mol. The van der Waals surface area contributed by atoms with Gasteiger partial charge in [0.2, 0.25) is 0 Å². The van der Waals surface area contributed by atoms with Gasteiger partial charge < -0.3 is 15.3 Å². The van der Waals surface area contributed by atoms with Gasteiger partial charge >= 0.3 is 12.0 Å². The van der Waals surface area contributed by atoms with E-state index in [9.17, 15) is 14.7 Å². The van der Waals surface area contributed by atoms with E-state index in [-0.39, 0.29) is 12.6 Å². The van der Waals surface area contributed by atoms with Crippen molar-refractivity contribution >= 4 is 12.0 Å². The van der Waals surface area contributed by atoms with Gasteiger partial charge in [0.15, 0.2) is 0 Å². The Labute approximate surface area is 129 Å². The molecule has 1 unspecified atom stereocenters. The minimum atomic E-state index is -0.844. The van der Waals surface area contributed by atoms with Crippen LogP contribution in [0.25, 0.3) is 0 Å². The highest BCUT2D eigenvalue weighted by Crippen LogP contribution is 2.11. The number of carboxylic acids is 1.